The predicted octanol–water partition coefficient (Wildman–Crippen LogP) is 8.76. The van der Waals surface area contributed by atoms with Crippen molar-refractivity contribution in [1.29, 1.82) is 0 Å². The molecule has 0 aromatic heterocycles. The highest BCUT2D eigenvalue weighted by Crippen LogP contribution is 2.52. The number of phosphoric acid groups is 1. The number of piperidine rings is 1. The summed E-state index contributed by atoms with van der Waals surface area (Å²) in [6.45, 7) is 16.5. The highest BCUT2D eigenvalue weighted by atomic mass is 31.2. The van der Waals surface area contributed by atoms with E-state index in [1.165, 1.54) is 4.90 Å². The minimum atomic E-state index is -3.83. The molecular formula is C54H86NO15P. The first-order valence-corrected chi connectivity index (χ1v) is 27.6. The summed E-state index contributed by atoms with van der Waals surface area (Å²) in [5, 5.41) is 23.2. The van der Waals surface area contributed by atoms with Gasteiger partial charge in [0.1, 0.15) is 23.7 Å². The maximum atomic E-state index is 14.5. The van der Waals surface area contributed by atoms with Crippen LogP contribution in [0, 0.1) is 35.5 Å². The Morgan fingerprint density at radius 1 is 0.831 bits per heavy atom. The van der Waals surface area contributed by atoms with Crippen LogP contribution < -0.4 is 0 Å². The molecule has 0 unspecified atom stereocenters. The van der Waals surface area contributed by atoms with Gasteiger partial charge in [-0.05, 0) is 121 Å². The van der Waals surface area contributed by atoms with Crippen molar-refractivity contribution in [1.82, 2.24) is 4.90 Å². The number of phosphoric ester groups is 1. The van der Waals surface area contributed by atoms with E-state index in [2.05, 4.69) is 0 Å². The minimum absolute atomic E-state index is 0.0220. The van der Waals surface area contributed by atoms with Crippen LogP contribution in [0.4, 0.5) is 0 Å². The number of aliphatic hydroxyl groups excluding tert-OH is 1. The van der Waals surface area contributed by atoms with E-state index in [4.69, 9.17) is 32.5 Å². The Morgan fingerprint density at radius 3 is 2.20 bits per heavy atom. The SMILES string of the molecule is CCOP(=O)(OCC)O[C@@H]1CC[C@@H](C[C@@H](C)[C@@H]2CC(=O)[C@H](C)/C=C(\C)[C@@H](O)CC(=O)[C@H](C)C[C@H](C)/C=C/C=C/C=C(\C)[C@@H](OC)C[C@@H]3CC[C@@H](C)[C@@](O)(O3)C(=O)C(=O)N3CCCC[C@H]3C(=O)O2)C[C@H]1OC. The smallest absolute Gasteiger partial charge is 0.460 e. The number of aliphatic hydroxyl groups is 2. The van der Waals surface area contributed by atoms with Crippen LogP contribution in [-0.2, 0) is 61.1 Å². The number of esters is 1. The van der Waals surface area contributed by atoms with E-state index in [0.717, 1.165) is 5.57 Å². The van der Waals surface area contributed by atoms with Crippen LogP contribution >= 0.6 is 7.82 Å². The molecule has 16 nitrogen and oxygen atoms in total. The first kappa shape index (κ1) is 60.4. The van der Waals surface area contributed by atoms with Crippen molar-refractivity contribution < 1.29 is 71.3 Å². The fraction of sp³-hybridized carbons (Fsp3) is 0.759. The Kier molecular flexibility index (Phi) is 24.2. The predicted molar refractivity (Wildman–Crippen MR) is 269 cm³/mol. The highest BCUT2D eigenvalue weighted by Gasteiger charge is 2.53. The van der Waals surface area contributed by atoms with Crippen molar-refractivity contribution in [3.8, 4) is 0 Å². The van der Waals surface area contributed by atoms with Gasteiger partial charge in [0, 0.05) is 57.8 Å². The molecule has 0 aromatic carbocycles. The van der Waals surface area contributed by atoms with E-state index in [1.807, 2.05) is 58.1 Å². The van der Waals surface area contributed by atoms with Gasteiger partial charge in [-0.1, -0.05) is 71.1 Å². The van der Waals surface area contributed by atoms with E-state index in [9.17, 15) is 38.8 Å². The molecule has 0 radical (unpaired) electrons. The average Bonchev–Trinajstić information content (AvgIpc) is 3.33. The number of amides is 1. The van der Waals surface area contributed by atoms with E-state index in [1.54, 1.807) is 54.9 Å². The van der Waals surface area contributed by atoms with Gasteiger partial charge in [0.25, 0.3) is 11.7 Å². The van der Waals surface area contributed by atoms with Crippen LogP contribution in [0.2, 0.25) is 0 Å². The third kappa shape index (κ3) is 17.2. The molecule has 0 aromatic rings. The lowest BCUT2D eigenvalue weighted by Gasteiger charge is -2.42. The topological polar surface area (TPSA) is 211 Å². The summed E-state index contributed by atoms with van der Waals surface area (Å²) in [6, 6.07) is -1.16. The molecule has 2 saturated heterocycles. The Balaban J connectivity index is 1.66. The summed E-state index contributed by atoms with van der Waals surface area (Å²) in [6.07, 6.45) is 12.1. The van der Waals surface area contributed by atoms with E-state index < -0.39 is 91.7 Å². The van der Waals surface area contributed by atoms with Crippen LogP contribution in [0.5, 0.6) is 0 Å². The zero-order valence-corrected chi connectivity index (χ0v) is 45.3. The molecular weight excluding hydrogens is 934 g/mol. The van der Waals surface area contributed by atoms with Gasteiger partial charge in [-0.25, -0.2) is 9.36 Å². The zero-order chi connectivity index (χ0) is 52.6. The normalized spacial score (nSPS) is 37.2. The van der Waals surface area contributed by atoms with Gasteiger partial charge in [-0.3, -0.25) is 32.7 Å². The maximum Gasteiger partial charge on any atom is 0.475 e. The standard InChI is InChI=1S/C54H86NO15P/c1-12-66-71(63,67-13-2)70-47-25-23-41(30-50(47)65-11)29-39(8)49-33-46(58)38(7)28-37(6)45(57)32-44(56)36(5)27-34(3)19-15-14-16-20-35(4)48(64-10)31-42-24-22-40(9)54(62,69-42)51(59)52(60)55-26-18-17-21-43(55)53(61)68-49/h14-16,19-20,28,34,36,38-43,45,47-50,57,62H,12-13,17-18,21-27,29-33H2,1-11H3/b16-14+,19-15+,35-20+,37-28+/t34-,36-,38-,39-,40-,41+,42+,43+,45+,47-,48+,49+,50-,54-/m1/s1. The quantitative estimate of drug-likeness (QED) is 0.0858. The highest BCUT2D eigenvalue weighted by molar-refractivity contribution is 7.48. The van der Waals surface area contributed by atoms with Gasteiger partial charge in [-0.15, -0.1) is 0 Å². The Morgan fingerprint density at radius 2 is 1.54 bits per heavy atom. The lowest BCUT2D eigenvalue weighted by Crippen LogP contribution is -2.61. The number of nitrogens with zero attached hydrogens (tertiary/aromatic N) is 1. The van der Waals surface area contributed by atoms with Crippen molar-refractivity contribution >= 4 is 37.0 Å². The van der Waals surface area contributed by atoms with Gasteiger partial charge in [0.05, 0.1) is 43.7 Å². The third-order valence-corrected chi connectivity index (χ3v) is 16.7. The monoisotopic (exact) mass is 1020 g/mol. The zero-order valence-electron chi connectivity index (χ0n) is 44.4. The molecule has 402 valence electrons. The van der Waals surface area contributed by atoms with Gasteiger partial charge in [0.15, 0.2) is 0 Å². The van der Waals surface area contributed by atoms with E-state index in [0.29, 0.717) is 69.8 Å². The lowest BCUT2D eigenvalue weighted by molar-refractivity contribution is -0.265. The summed E-state index contributed by atoms with van der Waals surface area (Å²) < 4.78 is 54.2. The van der Waals surface area contributed by atoms with Gasteiger partial charge < -0.3 is 34.1 Å². The molecule has 0 spiro atoms. The summed E-state index contributed by atoms with van der Waals surface area (Å²) >= 11 is 0. The molecule has 17 heteroatoms. The molecule has 1 saturated carbocycles. The van der Waals surface area contributed by atoms with Crippen molar-refractivity contribution in [3.05, 3.63) is 47.6 Å². The van der Waals surface area contributed by atoms with Gasteiger partial charge in [0.2, 0.25) is 5.79 Å². The maximum absolute atomic E-state index is 14.5. The molecule has 71 heavy (non-hydrogen) atoms. The van der Waals surface area contributed by atoms with Crippen LogP contribution in [0.3, 0.4) is 0 Å². The number of hydrogen-bond donors (Lipinski definition) is 2. The van der Waals surface area contributed by atoms with Crippen LogP contribution in [-0.4, -0.2) is 127 Å². The van der Waals surface area contributed by atoms with Crippen molar-refractivity contribution in [2.75, 3.05) is 34.0 Å². The fourth-order valence-corrected chi connectivity index (χ4v) is 11.9. The Bertz CT molecular complexity index is 1960. The van der Waals surface area contributed by atoms with Gasteiger partial charge in [-0.2, -0.15) is 0 Å². The lowest BCUT2D eigenvalue weighted by atomic mass is 9.78. The largest absolute Gasteiger partial charge is 0.475 e. The fourth-order valence-electron chi connectivity index (χ4n) is 10.5. The molecule has 3 heterocycles. The number of allylic oxidation sites excluding steroid dienone is 6. The number of hydrogen-bond acceptors (Lipinski definition) is 15. The summed E-state index contributed by atoms with van der Waals surface area (Å²) in [5.74, 6) is -7.81. The number of ketones is 3. The van der Waals surface area contributed by atoms with Crippen molar-refractivity contribution in [2.45, 2.75) is 194 Å². The summed E-state index contributed by atoms with van der Waals surface area (Å²) in [5.41, 5.74) is 1.36. The number of rotatable bonds is 11. The van der Waals surface area contributed by atoms with Crippen molar-refractivity contribution in [2.24, 2.45) is 35.5 Å². The molecule has 4 aliphatic rings. The molecule has 3 aliphatic heterocycles. The number of carbonyl (C=O) groups excluding carboxylic acids is 5. The number of ether oxygens (including phenoxy) is 4. The first-order valence-electron chi connectivity index (χ1n) is 26.1. The average molecular weight is 1020 g/mol. The number of cyclic esters (lactones) is 1. The number of Topliss-reactive ketones (excluding diaryl/α,β-unsaturated/α-hetero) is 3. The third-order valence-electron chi connectivity index (χ3n) is 15.0. The van der Waals surface area contributed by atoms with Crippen LogP contribution in [0.15, 0.2) is 47.6 Å². The molecule has 2 N–H and O–H groups in total. The first-order chi connectivity index (χ1) is 33.6. The number of fused-ring (bicyclic) bond motifs is 3. The van der Waals surface area contributed by atoms with Gasteiger partial charge >= 0.3 is 13.8 Å². The summed E-state index contributed by atoms with van der Waals surface area (Å²) in [4.78, 5) is 71.9. The minimum Gasteiger partial charge on any atom is -0.460 e. The molecule has 4 rings (SSSR count). The summed E-state index contributed by atoms with van der Waals surface area (Å²) in [7, 11) is -0.698. The van der Waals surface area contributed by atoms with E-state index >= 15 is 0 Å². The molecule has 2 bridgehead atoms. The molecule has 14 atom stereocenters. The number of carbonyl (C=O) groups is 5. The molecule has 1 amide bonds. The van der Waals surface area contributed by atoms with E-state index in [-0.39, 0.29) is 68.3 Å². The number of methoxy groups -OCH3 is 2. The van der Waals surface area contributed by atoms with Crippen molar-refractivity contribution in [3.63, 3.8) is 0 Å². The Hall–Kier alpha value is -3.18. The second kappa shape index (κ2) is 28.5. The Labute approximate surface area is 423 Å². The second-order valence-electron chi connectivity index (χ2n) is 20.6. The van der Waals surface area contributed by atoms with Crippen LogP contribution in [0.1, 0.15) is 146 Å². The second-order valence-corrected chi connectivity index (χ2v) is 22.3. The molecule has 1 aliphatic carbocycles. The molecule has 3 fully saturated rings. The van der Waals surface area contributed by atoms with Crippen LogP contribution in [0.25, 0.3) is 0 Å².